The number of H-pyrrole nitrogens is 1. The van der Waals surface area contributed by atoms with Gasteiger partial charge in [-0.3, -0.25) is 19.4 Å². The molecule has 1 aromatic carbocycles. The molecule has 3 unspecified atom stereocenters. The molecule has 2 aromatic rings. The van der Waals surface area contributed by atoms with Crippen molar-refractivity contribution in [1.82, 2.24) is 19.7 Å². The first kappa shape index (κ1) is 42.1. The number of aromatic nitrogens is 1. The minimum atomic E-state index is -2.26. The van der Waals surface area contributed by atoms with E-state index in [9.17, 15) is 14.7 Å². The van der Waals surface area contributed by atoms with Crippen LogP contribution in [0.4, 0.5) is 0 Å². The molecule has 11 atom stereocenters. The molecule has 1 spiro atoms. The van der Waals surface area contributed by atoms with E-state index >= 15 is 4.79 Å². The lowest BCUT2D eigenvalue weighted by atomic mass is 9.47. The largest absolute Gasteiger partial charge is 0.468 e. The summed E-state index contributed by atoms with van der Waals surface area (Å²) >= 11 is 0. The maximum Gasteiger partial charge on any atom is 0.344 e. The fraction of sp³-hybridized carbons (Fsp3) is 0.612. The number of rotatable bonds is 10. The van der Waals surface area contributed by atoms with Crippen molar-refractivity contribution in [3.8, 4) is 0 Å². The van der Waals surface area contributed by atoms with Crippen LogP contribution < -0.4 is 0 Å². The molecule has 6 heterocycles. The Hall–Kier alpha value is -4.23. The number of likely N-dealkylation sites (tertiary alicyclic amines) is 1. The van der Waals surface area contributed by atoms with Crippen LogP contribution >= 0.6 is 0 Å². The first-order chi connectivity index (χ1) is 29.3. The van der Waals surface area contributed by atoms with E-state index in [0.717, 1.165) is 72.2 Å². The molecule has 0 radical (unpaired) electrons. The fourth-order valence-corrected chi connectivity index (χ4v) is 13.9. The number of allylic oxidation sites excluding steroid dienone is 1. The number of esters is 3. The molecule has 61 heavy (non-hydrogen) atoms. The molecular weight excluding hydrogens is 773 g/mol. The minimum Gasteiger partial charge on any atom is -0.468 e. The number of hydrogen-bond acceptors (Lipinski definition) is 11. The summed E-state index contributed by atoms with van der Waals surface area (Å²) in [5.41, 5.74) is 2.17. The summed E-state index contributed by atoms with van der Waals surface area (Å²) in [4.78, 5) is 53.8. The Labute approximate surface area is 359 Å². The van der Waals surface area contributed by atoms with Crippen LogP contribution in [-0.2, 0) is 51.7 Å². The van der Waals surface area contributed by atoms with Crippen molar-refractivity contribution >= 4 is 28.8 Å². The molecule has 328 valence electrons. The molecular formula is C49H64N4O8. The average molecular weight is 837 g/mol. The number of methoxy groups -OCH3 is 3. The molecule has 5 aliphatic heterocycles. The van der Waals surface area contributed by atoms with Gasteiger partial charge in [-0.2, -0.15) is 0 Å². The lowest BCUT2D eigenvalue weighted by Gasteiger charge is -2.63. The van der Waals surface area contributed by atoms with E-state index < -0.39 is 58.0 Å². The lowest BCUT2D eigenvalue weighted by Crippen LogP contribution is -2.79. The SMILES string of the molecule is CCCCc1ccc2[nH]c3c(c2c1)CN1CC(CC)=C[C@@H](C1)C[C@]3(C(=O)OC)C1C=C2C(=CC1OC)N(C)[C@H]1[C@@](O)(C(=O)OC)[C@H](OC(C)=O)[C@]3(CC)C=CCN4CC[C@]21[C@@H]43. The topological polar surface area (TPSA) is 134 Å². The summed E-state index contributed by atoms with van der Waals surface area (Å²) in [7, 11) is 6.38. The Bertz CT molecular complexity index is 2260. The Morgan fingerprint density at radius 3 is 2.48 bits per heavy atom. The third-order valence-electron chi connectivity index (χ3n) is 16.1. The highest BCUT2D eigenvalue weighted by atomic mass is 16.6. The maximum atomic E-state index is 15.4. The first-order valence-electron chi connectivity index (χ1n) is 22.6. The number of nitrogens with zero attached hydrogens (tertiary/aromatic N) is 3. The van der Waals surface area contributed by atoms with Crippen LogP contribution in [0, 0.1) is 22.7 Å². The van der Waals surface area contributed by atoms with E-state index in [2.05, 4.69) is 77.2 Å². The van der Waals surface area contributed by atoms with Gasteiger partial charge in [0.1, 0.15) is 5.41 Å². The van der Waals surface area contributed by atoms with Crippen molar-refractivity contribution in [2.75, 3.05) is 54.6 Å². The number of ether oxygens (including phenoxy) is 4. The van der Waals surface area contributed by atoms with Gasteiger partial charge in [0.2, 0.25) is 5.60 Å². The fourth-order valence-electron chi connectivity index (χ4n) is 13.9. The van der Waals surface area contributed by atoms with Crippen molar-refractivity contribution in [1.29, 1.82) is 0 Å². The number of benzene rings is 1. The quantitative estimate of drug-likeness (QED) is 0.173. The standard InChI is InChI=1S/C49H64N4O8/c1-9-12-14-31-15-16-37-33(22-31)34-28-52-26-30(10-2)21-32(27-52)25-48(40(34)50-37,44(55)59-7)36-23-35-38(24-39(36)58-6)51(5)42-47(35)18-20-53-19-13-17-46(11-3,41(47)53)43(61-29(4)54)49(42,57)45(56)60-8/h13,15-17,21-24,32,36,39,41-43,50,57H,9-12,14,18-20,25-28H2,1-8H3/t32-,36?,39?,41+,42-,43-,46-,47-,48+,49+/m1/s1. The van der Waals surface area contributed by atoms with E-state index in [1.54, 1.807) is 7.11 Å². The molecule has 12 heteroatoms. The summed E-state index contributed by atoms with van der Waals surface area (Å²) in [6.45, 7) is 11.6. The number of aromatic amines is 1. The molecule has 3 fully saturated rings. The second-order valence-corrected chi connectivity index (χ2v) is 19.0. The number of fused-ring (bicyclic) bond motifs is 6. The first-order valence-corrected chi connectivity index (χ1v) is 22.6. The van der Waals surface area contributed by atoms with Crippen LogP contribution in [0.3, 0.4) is 0 Å². The van der Waals surface area contributed by atoms with E-state index in [4.69, 9.17) is 18.9 Å². The van der Waals surface area contributed by atoms with Crippen LogP contribution in [0.1, 0.15) is 83.0 Å². The summed E-state index contributed by atoms with van der Waals surface area (Å²) in [5, 5.41) is 14.5. The van der Waals surface area contributed by atoms with Crippen molar-refractivity contribution in [3.63, 3.8) is 0 Å². The molecule has 7 aliphatic rings. The van der Waals surface area contributed by atoms with Gasteiger partial charge in [-0.15, -0.1) is 0 Å². The number of unbranched alkanes of at least 4 members (excludes halogenated alkanes) is 1. The van der Waals surface area contributed by atoms with Crippen molar-refractivity contribution < 1.29 is 38.4 Å². The van der Waals surface area contributed by atoms with Gasteiger partial charge in [0.15, 0.2) is 6.10 Å². The molecule has 9 rings (SSSR count). The Morgan fingerprint density at radius 1 is 1.00 bits per heavy atom. The average Bonchev–Trinajstić information content (AvgIpc) is 3.91. The monoisotopic (exact) mass is 836 g/mol. The van der Waals surface area contributed by atoms with Crippen molar-refractivity contribution in [3.05, 3.63) is 82.2 Å². The number of carbonyl (C=O) groups excluding carboxylic acids is 3. The Morgan fingerprint density at radius 2 is 1.79 bits per heavy atom. The molecule has 2 bridgehead atoms. The molecule has 0 amide bonds. The number of nitrogens with one attached hydrogen (secondary N) is 1. The van der Waals surface area contributed by atoms with Gasteiger partial charge in [-0.25, -0.2) is 4.79 Å². The van der Waals surface area contributed by atoms with Crippen molar-refractivity contribution in [2.24, 2.45) is 22.7 Å². The van der Waals surface area contributed by atoms with E-state index in [-0.39, 0.29) is 17.9 Å². The predicted octanol–water partition coefficient (Wildman–Crippen LogP) is 5.74. The number of aliphatic hydroxyl groups is 1. The zero-order valence-electron chi connectivity index (χ0n) is 37.2. The summed E-state index contributed by atoms with van der Waals surface area (Å²) in [5.74, 6) is -2.23. The van der Waals surface area contributed by atoms with Crippen molar-refractivity contribution in [2.45, 2.75) is 114 Å². The molecule has 2 saturated heterocycles. The zero-order chi connectivity index (χ0) is 43.2. The summed E-state index contributed by atoms with van der Waals surface area (Å²) < 4.78 is 24.3. The second-order valence-electron chi connectivity index (χ2n) is 19.0. The molecule has 1 saturated carbocycles. The summed E-state index contributed by atoms with van der Waals surface area (Å²) in [6.07, 6.45) is 14.8. The highest BCUT2D eigenvalue weighted by Gasteiger charge is 2.81. The number of likely N-dealkylation sites (N-methyl/N-ethyl adjacent to an activating group) is 1. The smallest absolute Gasteiger partial charge is 0.344 e. The van der Waals surface area contributed by atoms with Gasteiger partial charge >= 0.3 is 17.9 Å². The third kappa shape index (κ3) is 5.73. The van der Waals surface area contributed by atoms with Crippen LogP contribution in [-0.4, -0.2) is 127 Å². The molecule has 1 aromatic heterocycles. The highest BCUT2D eigenvalue weighted by molar-refractivity contribution is 5.92. The Kier molecular flexibility index (Phi) is 10.5. The van der Waals surface area contributed by atoms with Crippen LogP contribution in [0.25, 0.3) is 10.9 Å². The number of carbonyl (C=O) groups is 3. The minimum absolute atomic E-state index is 0.0581. The van der Waals surface area contributed by atoms with Gasteiger partial charge in [-0.1, -0.05) is 63.1 Å². The predicted molar refractivity (Wildman–Crippen MR) is 231 cm³/mol. The third-order valence-corrected chi connectivity index (χ3v) is 16.1. The zero-order valence-corrected chi connectivity index (χ0v) is 37.2. The Balaban J connectivity index is 1.32. The maximum absolute atomic E-state index is 15.4. The van der Waals surface area contributed by atoms with Crippen LogP contribution in [0.15, 0.2) is 65.4 Å². The van der Waals surface area contributed by atoms with Gasteiger partial charge in [0.05, 0.1) is 26.4 Å². The normalized spacial score (nSPS) is 37.3. The van der Waals surface area contributed by atoms with Gasteiger partial charge in [0.25, 0.3) is 0 Å². The van der Waals surface area contributed by atoms with Gasteiger partial charge < -0.3 is 33.9 Å². The number of aryl methyl sites for hydroxylation is 1. The van der Waals surface area contributed by atoms with Gasteiger partial charge in [0, 0.05) is 92.3 Å². The van der Waals surface area contributed by atoms with Gasteiger partial charge in [-0.05, 0) is 85.9 Å². The second kappa shape index (κ2) is 15.2. The van der Waals surface area contributed by atoms with Crippen LogP contribution in [0.2, 0.25) is 0 Å². The number of hydrogen-bond donors (Lipinski definition) is 2. The highest BCUT2D eigenvalue weighted by Crippen LogP contribution is 2.70. The van der Waals surface area contributed by atoms with E-state index in [0.29, 0.717) is 38.9 Å². The molecule has 12 nitrogen and oxygen atoms in total. The lowest BCUT2D eigenvalue weighted by molar-refractivity contribution is -0.243. The summed E-state index contributed by atoms with van der Waals surface area (Å²) in [6, 6.07) is 5.58. The van der Waals surface area contributed by atoms with E-state index in [1.165, 1.54) is 32.3 Å². The van der Waals surface area contributed by atoms with Crippen LogP contribution in [0.5, 0.6) is 0 Å². The molecule has 2 N–H and O–H groups in total. The molecule has 2 aliphatic carbocycles. The van der Waals surface area contributed by atoms with E-state index in [1.807, 2.05) is 18.9 Å².